The van der Waals surface area contributed by atoms with Crippen molar-refractivity contribution in [3.8, 4) is 0 Å². The predicted octanol–water partition coefficient (Wildman–Crippen LogP) is 2.30. The van der Waals surface area contributed by atoms with Crippen LogP contribution in [0.3, 0.4) is 0 Å². The summed E-state index contributed by atoms with van der Waals surface area (Å²) in [5.41, 5.74) is 4.33. The fourth-order valence-electron chi connectivity index (χ4n) is 7.58. The minimum Gasteiger partial charge on any atom is -0.351 e. The predicted molar refractivity (Wildman–Crippen MR) is 180 cm³/mol. The zero-order chi connectivity index (χ0) is 33.0. The van der Waals surface area contributed by atoms with Crippen molar-refractivity contribution in [3.05, 3.63) is 53.6 Å². The van der Waals surface area contributed by atoms with Gasteiger partial charge in [-0.05, 0) is 68.5 Å². The van der Waals surface area contributed by atoms with Gasteiger partial charge in [0.25, 0.3) is 0 Å². The lowest BCUT2D eigenvalue weighted by Gasteiger charge is -2.42. The first-order valence-corrected chi connectivity index (χ1v) is 17.3. The van der Waals surface area contributed by atoms with Crippen molar-refractivity contribution in [1.82, 2.24) is 45.4 Å². The van der Waals surface area contributed by atoms with Gasteiger partial charge >= 0.3 is 12.1 Å². The lowest BCUT2D eigenvalue weighted by Crippen LogP contribution is -2.56. The Hall–Kier alpha value is -4.27. The average Bonchev–Trinajstić information content (AvgIpc) is 3.50. The fraction of sp³-hybridized carbons (Fsp3) is 0.559. The maximum atomic E-state index is 14.0. The number of anilines is 1. The third-order valence-electron chi connectivity index (χ3n) is 10.5. The Labute approximate surface area is 280 Å². The second-order valence-electron chi connectivity index (χ2n) is 13.5. The van der Waals surface area contributed by atoms with Crippen LogP contribution in [0, 0.1) is 0 Å². The van der Waals surface area contributed by atoms with Crippen molar-refractivity contribution in [2.75, 3.05) is 71.3 Å². The minimum absolute atomic E-state index is 0.0526. The average molecular weight is 659 g/mol. The number of amides is 4. The number of hydrogen-bond donors (Lipinski definition) is 3. The number of rotatable bonds is 7. The SMILES string of the molecule is CN1CCN(C2CCN(C(=O)C(Cc3ccc4n[nH]nc4c3)NC(=O)ON3CCC(N4CCc5ccccc5NC4=O)CC3)CC2)CC1. The fourth-order valence-corrected chi connectivity index (χ4v) is 7.58. The summed E-state index contributed by atoms with van der Waals surface area (Å²) >= 11 is 0. The number of piperidine rings is 2. The van der Waals surface area contributed by atoms with Crippen LogP contribution < -0.4 is 10.6 Å². The molecule has 0 radical (unpaired) electrons. The number of piperazine rings is 1. The van der Waals surface area contributed by atoms with E-state index in [9.17, 15) is 14.4 Å². The van der Waals surface area contributed by atoms with Gasteiger partial charge in [0.15, 0.2) is 0 Å². The van der Waals surface area contributed by atoms with E-state index in [0.29, 0.717) is 63.5 Å². The van der Waals surface area contributed by atoms with E-state index >= 15 is 0 Å². The largest absolute Gasteiger partial charge is 0.426 e. The summed E-state index contributed by atoms with van der Waals surface area (Å²) in [4.78, 5) is 54.8. The molecule has 0 bridgehead atoms. The van der Waals surface area contributed by atoms with Gasteiger partial charge in [-0.25, -0.2) is 9.59 Å². The Kier molecular flexibility index (Phi) is 9.73. The molecule has 0 aliphatic carbocycles. The smallest absolute Gasteiger partial charge is 0.351 e. The lowest BCUT2D eigenvalue weighted by molar-refractivity contribution is -0.137. The highest BCUT2D eigenvalue weighted by Gasteiger charge is 2.34. The van der Waals surface area contributed by atoms with Crippen molar-refractivity contribution in [2.24, 2.45) is 0 Å². The first-order chi connectivity index (χ1) is 23.4. The van der Waals surface area contributed by atoms with Crippen LogP contribution >= 0.6 is 0 Å². The number of benzene rings is 2. The second-order valence-corrected chi connectivity index (χ2v) is 13.5. The molecule has 2 aromatic carbocycles. The molecule has 0 spiro atoms. The van der Waals surface area contributed by atoms with E-state index in [1.54, 1.807) is 5.06 Å². The number of hydrogen-bond acceptors (Lipinski definition) is 9. The van der Waals surface area contributed by atoms with Crippen LogP contribution in [0.1, 0.15) is 36.8 Å². The number of likely N-dealkylation sites (tertiary alicyclic amines) is 1. The van der Waals surface area contributed by atoms with E-state index in [2.05, 4.69) is 49.0 Å². The molecule has 3 saturated heterocycles. The highest BCUT2D eigenvalue weighted by Crippen LogP contribution is 2.25. The van der Waals surface area contributed by atoms with E-state index in [1.807, 2.05) is 46.2 Å². The number of nitrogens with one attached hydrogen (secondary N) is 3. The third-order valence-corrected chi connectivity index (χ3v) is 10.5. The number of H-pyrrole nitrogens is 1. The number of aromatic nitrogens is 3. The molecule has 1 aromatic heterocycles. The molecule has 7 rings (SSSR count). The van der Waals surface area contributed by atoms with Crippen molar-refractivity contribution in [1.29, 1.82) is 0 Å². The number of fused-ring (bicyclic) bond motifs is 2. The molecule has 3 fully saturated rings. The van der Waals surface area contributed by atoms with Crippen LogP contribution in [0.4, 0.5) is 15.3 Å². The highest BCUT2D eigenvalue weighted by molar-refractivity contribution is 5.91. The zero-order valence-electron chi connectivity index (χ0n) is 27.6. The van der Waals surface area contributed by atoms with Gasteiger partial charge in [0, 0.05) is 83.1 Å². The van der Waals surface area contributed by atoms with Crippen LogP contribution in [-0.4, -0.2) is 142 Å². The maximum absolute atomic E-state index is 14.0. The summed E-state index contributed by atoms with van der Waals surface area (Å²) in [6.07, 6.45) is 3.66. The van der Waals surface area contributed by atoms with Gasteiger partial charge in [-0.3, -0.25) is 9.69 Å². The quantitative estimate of drug-likeness (QED) is 0.349. The Morgan fingerprint density at radius 1 is 0.896 bits per heavy atom. The van der Waals surface area contributed by atoms with Crippen molar-refractivity contribution >= 4 is 34.8 Å². The van der Waals surface area contributed by atoms with Gasteiger partial charge in [0.1, 0.15) is 17.1 Å². The van der Waals surface area contributed by atoms with Gasteiger partial charge < -0.3 is 30.2 Å². The van der Waals surface area contributed by atoms with Gasteiger partial charge in [0.05, 0.1) is 0 Å². The molecule has 1 unspecified atom stereocenters. The number of carbonyl (C=O) groups is 3. The van der Waals surface area contributed by atoms with Crippen molar-refractivity contribution in [3.63, 3.8) is 0 Å². The molecule has 5 heterocycles. The molecule has 3 aromatic rings. The number of nitrogens with zero attached hydrogens (tertiary/aromatic N) is 7. The molecule has 14 heteroatoms. The molecular formula is C34H46N10O4. The minimum atomic E-state index is -0.790. The summed E-state index contributed by atoms with van der Waals surface area (Å²) in [7, 11) is 2.16. The molecule has 4 aliphatic heterocycles. The van der Waals surface area contributed by atoms with E-state index < -0.39 is 12.1 Å². The number of likely N-dealkylation sites (N-methyl/N-ethyl adjacent to an activating group) is 1. The van der Waals surface area contributed by atoms with Gasteiger partial charge in [-0.15, -0.1) is 5.06 Å². The third kappa shape index (κ3) is 7.40. The Balaban J connectivity index is 0.950. The molecule has 4 aliphatic rings. The van der Waals surface area contributed by atoms with E-state index in [1.165, 1.54) is 0 Å². The Morgan fingerprint density at radius 2 is 1.62 bits per heavy atom. The molecule has 48 heavy (non-hydrogen) atoms. The Morgan fingerprint density at radius 3 is 2.42 bits per heavy atom. The molecular weight excluding hydrogens is 612 g/mol. The lowest BCUT2D eigenvalue weighted by atomic mass is 9.99. The molecule has 14 nitrogen and oxygen atoms in total. The molecule has 0 saturated carbocycles. The van der Waals surface area contributed by atoms with Crippen LogP contribution in [0.5, 0.6) is 0 Å². The number of hydroxylamine groups is 2. The van der Waals surface area contributed by atoms with Crippen LogP contribution in [0.15, 0.2) is 42.5 Å². The van der Waals surface area contributed by atoms with Crippen molar-refractivity contribution in [2.45, 2.75) is 56.7 Å². The van der Waals surface area contributed by atoms with E-state index in [0.717, 1.165) is 67.8 Å². The second kappa shape index (κ2) is 14.5. The Bertz CT molecular complexity index is 1590. The summed E-state index contributed by atoms with van der Waals surface area (Å²) < 4.78 is 0. The van der Waals surface area contributed by atoms with E-state index in [4.69, 9.17) is 4.84 Å². The topological polar surface area (TPSA) is 142 Å². The normalized spacial score (nSPS) is 21.4. The number of urea groups is 1. The molecule has 256 valence electrons. The molecule has 3 N–H and O–H groups in total. The first-order valence-electron chi connectivity index (χ1n) is 17.3. The monoisotopic (exact) mass is 658 g/mol. The number of carbonyl (C=O) groups excluding carboxylic acids is 3. The van der Waals surface area contributed by atoms with Crippen LogP contribution in [-0.2, 0) is 22.5 Å². The van der Waals surface area contributed by atoms with Gasteiger partial charge in [-0.2, -0.15) is 15.4 Å². The van der Waals surface area contributed by atoms with Gasteiger partial charge in [-0.1, -0.05) is 24.3 Å². The molecule has 4 amide bonds. The summed E-state index contributed by atoms with van der Waals surface area (Å²) in [6, 6.07) is 13.2. The summed E-state index contributed by atoms with van der Waals surface area (Å²) in [6.45, 7) is 7.23. The van der Waals surface area contributed by atoms with Crippen molar-refractivity contribution < 1.29 is 19.2 Å². The number of para-hydroxylation sites is 1. The summed E-state index contributed by atoms with van der Waals surface area (Å²) in [5.74, 6) is -0.101. The van der Waals surface area contributed by atoms with Crippen LogP contribution in [0.2, 0.25) is 0 Å². The highest BCUT2D eigenvalue weighted by atomic mass is 16.7. The zero-order valence-corrected chi connectivity index (χ0v) is 27.6. The van der Waals surface area contributed by atoms with Gasteiger partial charge in [0.2, 0.25) is 5.91 Å². The number of aromatic amines is 1. The molecule has 1 atom stereocenters. The van der Waals surface area contributed by atoms with E-state index in [-0.39, 0.29) is 18.0 Å². The first kappa shape index (κ1) is 32.3. The standard InChI is InChI=1S/C34H46N10O4/c1-40-18-20-41(21-19-40)26-9-13-42(14-10-26)32(45)31(23-24-6-7-29-30(22-24)38-39-37-29)36-34(47)48-43-15-11-27(12-16-43)44-17-8-25-4-2-3-5-28(25)35-33(44)46/h2-7,22,26-27,31H,8-21,23H2,1H3,(H,35,46)(H,36,47)(H,37,38,39). The van der Waals surface area contributed by atoms with Crippen LogP contribution in [0.25, 0.3) is 11.0 Å². The maximum Gasteiger partial charge on any atom is 0.426 e. The summed E-state index contributed by atoms with van der Waals surface area (Å²) in [5, 5.41) is 18.5.